The van der Waals surface area contributed by atoms with Crippen LogP contribution in [0.3, 0.4) is 0 Å². The SMILES string of the molecule is Cc1cc(C)c(-c2cc3c4c(c2)N(c2ccc(-c5ccccc5)cc2)c2cc5c(cc2B4N(c2ccc4c(c2)C(C)(C)CCC4(C)Cc2ccc(-c4cc6c7c(c4)N(c4ccc(-c8ccccc8)cc4C)c4cc8c(cc4B7N(c4ccc(-c7ccccc7)cc4)c4cc7c(cc4-6)C(C)(C)CCC7(C)C)C(C)(C)CCC8(C)C)c(C)c2)c2ccc(-c4ccccc4)cc2-3)C(C)(C)CCC5(C)C)c(C)c1. The van der Waals surface area contributed by atoms with Gasteiger partial charge in [0.15, 0.2) is 0 Å². The lowest BCUT2D eigenvalue weighted by molar-refractivity contribution is 0.310. The van der Waals surface area contributed by atoms with E-state index in [9.17, 15) is 0 Å². The first kappa shape index (κ1) is 88.5. The second kappa shape index (κ2) is 31.7. The van der Waals surface area contributed by atoms with Crippen LogP contribution >= 0.6 is 0 Å². The summed E-state index contributed by atoms with van der Waals surface area (Å²) in [6, 6.07) is 125. The van der Waals surface area contributed by atoms with Crippen LogP contribution in [0.5, 0.6) is 0 Å². The Morgan fingerprint density at radius 3 is 1.09 bits per heavy atom. The number of fused-ring (bicyclic) bond motifs is 12. The molecule has 6 heteroatoms. The summed E-state index contributed by atoms with van der Waals surface area (Å²) in [5.74, 6) is 0. The molecule has 0 radical (unpaired) electrons. The quantitative estimate of drug-likeness (QED) is 0.113. The highest BCUT2D eigenvalue weighted by molar-refractivity contribution is 6.94. The molecule has 0 amide bonds. The molecule has 139 heavy (non-hydrogen) atoms. The largest absolute Gasteiger partial charge is 0.376 e. The van der Waals surface area contributed by atoms with E-state index in [1.54, 1.807) is 0 Å². The first-order valence-electron chi connectivity index (χ1n) is 51.6. The van der Waals surface area contributed by atoms with E-state index in [0.29, 0.717) is 0 Å². The van der Waals surface area contributed by atoms with Crippen molar-refractivity contribution in [3.05, 3.63) is 393 Å². The molecule has 4 nitrogen and oxygen atoms in total. The van der Waals surface area contributed by atoms with Crippen molar-refractivity contribution in [2.24, 2.45) is 0 Å². The molecule has 1 unspecified atom stereocenters. The minimum atomic E-state index is -0.194. The van der Waals surface area contributed by atoms with Crippen molar-refractivity contribution in [2.45, 2.75) is 240 Å². The Bertz CT molecular complexity index is 7740. The van der Waals surface area contributed by atoms with E-state index in [2.05, 4.69) is 473 Å². The van der Waals surface area contributed by atoms with Gasteiger partial charge in [-0.05, 0) is 417 Å². The monoisotopic (exact) mass is 1810 g/mol. The molecule has 0 N–H and O–H groups in total. The first-order chi connectivity index (χ1) is 66.5. The Morgan fingerprint density at radius 1 is 0.223 bits per heavy atom. The van der Waals surface area contributed by atoms with E-state index < -0.39 is 0 Å². The first-order valence-corrected chi connectivity index (χ1v) is 51.6. The predicted octanol–water partition coefficient (Wildman–Crippen LogP) is 33.3. The Balaban J connectivity index is 0.679. The third-order valence-electron chi connectivity index (χ3n) is 35.3. The van der Waals surface area contributed by atoms with Crippen LogP contribution < -0.4 is 41.3 Å². The van der Waals surface area contributed by atoms with Gasteiger partial charge in [0.25, 0.3) is 0 Å². The number of nitrogens with zero attached hydrogens (tertiary/aromatic N) is 4. The summed E-state index contributed by atoms with van der Waals surface area (Å²) in [5.41, 5.74) is 56.7. The molecule has 16 aromatic carbocycles. The van der Waals surface area contributed by atoms with E-state index in [-0.39, 0.29) is 57.0 Å². The molecule has 24 rings (SSSR count). The third-order valence-corrected chi connectivity index (χ3v) is 35.3. The van der Waals surface area contributed by atoms with E-state index >= 15 is 0 Å². The van der Waals surface area contributed by atoms with Gasteiger partial charge in [-0.1, -0.05) is 316 Å². The highest BCUT2D eigenvalue weighted by atomic mass is 15.2. The third kappa shape index (κ3) is 14.2. The van der Waals surface area contributed by atoms with Crippen molar-refractivity contribution in [1.82, 2.24) is 0 Å². The summed E-state index contributed by atoms with van der Waals surface area (Å²) in [7, 11) is 0. The minimum Gasteiger partial charge on any atom is -0.376 e. The summed E-state index contributed by atoms with van der Waals surface area (Å²) in [6.45, 7) is 49.2. The molecule has 8 aliphatic rings. The van der Waals surface area contributed by atoms with Gasteiger partial charge in [-0.25, -0.2) is 0 Å². The van der Waals surface area contributed by atoms with Crippen molar-refractivity contribution in [3.63, 3.8) is 0 Å². The summed E-state index contributed by atoms with van der Waals surface area (Å²) in [5, 5.41) is 0. The van der Waals surface area contributed by atoms with Crippen LogP contribution in [0.15, 0.2) is 315 Å². The van der Waals surface area contributed by atoms with E-state index in [4.69, 9.17) is 0 Å². The van der Waals surface area contributed by atoms with Crippen molar-refractivity contribution in [1.29, 1.82) is 0 Å². The molecule has 0 saturated heterocycles. The van der Waals surface area contributed by atoms with Crippen LogP contribution in [-0.2, 0) is 49.7 Å². The minimum absolute atomic E-state index is 0.0375. The number of rotatable bonds is 12. The summed E-state index contributed by atoms with van der Waals surface area (Å²) in [4.78, 5) is 11.1. The van der Waals surface area contributed by atoms with E-state index in [0.717, 1.165) is 63.5 Å². The van der Waals surface area contributed by atoms with Crippen LogP contribution in [0.4, 0.5) is 56.9 Å². The van der Waals surface area contributed by atoms with Gasteiger partial charge in [0.1, 0.15) is 0 Å². The number of hydrogen-bond donors (Lipinski definition) is 0. The van der Waals surface area contributed by atoms with Crippen molar-refractivity contribution in [3.8, 4) is 89.0 Å². The highest BCUT2D eigenvalue weighted by Gasteiger charge is 2.53. The molecule has 0 spiro atoms. The fourth-order valence-corrected chi connectivity index (χ4v) is 27.0. The zero-order valence-electron chi connectivity index (χ0n) is 85.3. The molecule has 0 bridgehead atoms. The molecule has 1 atom stereocenters. The summed E-state index contributed by atoms with van der Waals surface area (Å²) >= 11 is 0. The average Bonchev–Trinajstić information content (AvgIpc) is 0.686. The van der Waals surface area contributed by atoms with Gasteiger partial charge < -0.3 is 19.4 Å². The maximum atomic E-state index is 2.82. The number of aryl methyl sites for hydroxylation is 5. The Kier molecular flexibility index (Phi) is 20.2. The Hall–Kier alpha value is -13.2. The highest BCUT2D eigenvalue weighted by Crippen LogP contribution is 2.60. The lowest BCUT2D eigenvalue weighted by Gasteiger charge is -2.50. The van der Waals surface area contributed by atoms with Crippen molar-refractivity contribution >= 4 is 92.4 Å². The van der Waals surface area contributed by atoms with Gasteiger partial charge in [0.2, 0.25) is 0 Å². The number of hydrogen-bond acceptors (Lipinski definition) is 4. The van der Waals surface area contributed by atoms with Gasteiger partial charge in [0.05, 0.1) is 0 Å². The topological polar surface area (TPSA) is 13.0 Å². The van der Waals surface area contributed by atoms with Gasteiger partial charge in [-0.2, -0.15) is 0 Å². The molecule has 16 aromatic rings. The van der Waals surface area contributed by atoms with Crippen molar-refractivity contribution in [2.75, 3.05) is 19.4 Å². The van der Waals surface area contributed by atoms with Crippen molar-refractivity contribution < 1.29 is 0 Å². The predicted molar refractivity (Wildman–Crippen MR) is 596 cm³/mol. The maximum Gasteiger partial charge on any atom is 0.333 e. The molecule has 0 fully saturated rings. The zero-order valence-corrected chi connectivity index (χ0v) is 85.3. The van der Waals surface area contributed by atoms with Crippen LogP contribution in [0, 0.1) is 34.6 Å². The van der Waals surface area contributed by atoms with Gasteiger partial charge >= 0.3 is 13.7 Å². The fourth-order valence-electron chi connectivity index (χ4n) is 27.0. The fraction of sp³-hybridized carbons (Fsp3) is 0.278. The molecule has 0 saturated carbocycles. The summed E-state index contributed by atoms with van der Waals surface area (Å²) in [6.07, 6.45) is 9.77. The molecule has 4 aliphatic heterocycles. The van der Waals surface area contributed by atoms with Crippen LogP contribution in [0.25, 0.3) is 89.0 Å². The molecule has 4 heterocycles. The molecule has 0 aromatic heterocycles. The Labute approximate surface area is 827 Å². The van der Waals surface area contributed by atoms with E-state index in [1.165, 1.54) is 240 Å². The lowest BCUT2D eigenvalue weighted by Crippen LogP contribution is -2.62. The second-order valence-corrected chi connectivity index (χ2v) is 47.8. The molecule has 688 valence electrons. The van der Waals surface area contributed by atoms with Crippen LogP contribution in [-0.4, -0.2) is 13.7 Å². The summed E-state index contributed by atoms with van der Waals surface area (Å²) < 4.78 is 0. The standard InChI is InChI=1S/C133H130B2N4/c1-82-65-85(4)123(86(5)66-82)97-71-105-102-69-95(91-39-31-24-32-40-91)47-56-117(102)139(135-114-76-109-112(130(14,15)61-58-127(109,8)9)79-119(114)136(121(73-97)124(105)135)98-48-42-92(43-49-98)88-33-25-21-26-34-88)100-52-54-106-107(74-100)132(18,19)63-64-133(106,20)81-87-41-53-101(83(2)67-87)96-70-104-103-75-108-111(129(12,13)60-57-126(108,6)7)78-118(103)138(99-50-44-93(45-51-99)89-35-27-22-28-36-89)134-115-77-110-113(131(16,17)62-59-128(110,10)11)80-120(115)137(122(72-96)125(104)134)116-55-46-94(68-84(116)3)90-37-29-23-30-38-90/h21-56,65-80H,57-64,81H2,1-20H3. The molecular weight excluding hydrogens is 1680 g/mol. The number of benzene rings is 16. The zero-order chi connectivity index (χ0) is 96.0. The van der Waals surface area contributed by atoms with Gasteiger partial charge in [0, 0.05) is 68.0 Å². The second-order valence-electron chi connectivity index (χ2n) is 47.8. The lowest BCUT2D eigenvalue weighted by atomic mass is 9.42. The van der Waals surface area contributed by atoms with Gasteiger partial charge in [-0.15, -0.1) is 0 Å². The maximum absolute atomic E-state index is 2.82. The molecule has 4 aliphatic carbocycles. The molecular formula is C133H130B2N4. The Morgan fingerprint density at radius 2 is 0.597 bits per heavy atom. The smallest absolute Gasteiger partial charge is 0.333 e. The van der Waals surface area contributed by atoms with Gasteiger partial charge in [-0.3, -0.25) is 0 Å². The van der Waals surface area contributed by atoms with Crippen LogP contribution in [0.1, 0.15) is 233 Å². The van der Waals surface area contributed by atoms with Crippen LogP contribution in [0.2, 0.25) is 0 Å². The van der Waals surface area contributed by atoms with E-state index in [1.807, 2.05) is 0 Å². The number of anilines is 10. The average molecular weight is 1810 g/mol. The normalized spacial score (nSPS) is 18.4.